The number of rotatable bonds is 8. The summed E-state index contributed by atoms with van der Waals surface area (Å²) in [5.74, 6) is -0.372. The molecular weight excluding hydrogens is 532 g/mol. The molecule has 2 aliphatic heterocycles. The first kappa shape index (κ1) is 31.4. The van der Waals surface area contributed by atoms with Crippen molar-refractivity contribution in [3.8, 4) is 0 Å². The first-order valence-corrected chi connectivity index (χ1v) is 14.7. The summed E-state index contributed by atoms with van der Waals surface area (Å²) >= 11 is 0. The van der Waals surface area contributed by atoms with E-state index in [0.29, 0.717) is 31.5 Å². The minimum atomic E-state index is -1.41. The highest BCUT2D eigenvalue weighted by Crippen LogP contribution is 2.27. The van der Waals surface area contributed by atoms with Gasteiger partial charge >= 0.3 is 5.97 Å². The Morgan fingerprint density at radius 3 is 2.19 bits per heavy atom. The fourth-order valence-corrected chi connectivity index (χ4v) is 5.69. The Balaban J connectivity index is 0.000000310. The van der Waals surface area contributed by atoms with E-state index < -0.39 is 18.2 Å². The number of aliphatic hydroxyl groups excluding tert-OH is 2. The number of fused-ring (bicyclic) bond motifs is 1. The van der Waals surface area contributed by atoms with Crippen molar-refractivity contribution < 1.29 is 30.0 Å². The topological polar surface area (TPSA) is 124 Å². The second-order valence-corrected chi connectivity index (χ2v) is 11.2. The number of hydrogen-bond donors (Lipinski definition) is 3. The summed E-state index contributed by atoms with van der Waals surface area (Å²) in [6.07, 6.45) is 2.25. The lowest BCUT2D eigenvalue weighted by Crippen LogP contribution is -2.38. The Bertz CT molecular complexity index is 1280. The Kier molecular flexibility index (Phi) is 11.7. The van der Waals surface area contributed by atoms with Gasteiger partial charge in [-0.05, 0) is 66.9 Å². The van der Waals surface area contributed by atoms with Crippen LogP contribution in [0.25, 0.3) is 0 Å². The van der Waals surface area contributed by atoms with E-state index in [9.17, 15) is 19.8 Å². The smallest absolute Gasteiger partial charge is 0.337 e. The van der Waals surface area contributed by atoms with Crippen LogP contribution in [0.3, 0.4) is 0 Å². The molecular formula is C34H41N2O6-. The minimum absolute atomic E-state index is 0.0506. The number of nitrogens with zero attached hydrogens (tertiary/aromatic N) is 2. The van der Waals surface area contributed by atoms with Crippen LogP contribution in [0.5, 0.6) is 0 Å². The molecule has 3 N–H and O–H groups in total. The number of carboxylic acids is 1. The Hall–Kier alpha value is -3.56. The zero-order valence-corrected chi connectivity index (χ0v) is 24.0. The largest absolute Gasteiger partial charge is 0.848 e. The van der Waals surface area contributed by atoms with E-state index in [1.165, 1.54) is 18.4 Å². The molecule has 0 aliphatic carbocycles. The number of carbonyl (C=O) groups excluding carboxylic acids is 1. The molecule has 1 fully saturated rings. The number of likely N-dealkylation sites (tertiary alicyclic amines) is 1. The predicted molar refractivity (Wildman–Crippen MR) is 158 cm³/mol. The molecule has 224 valence electrons. The molecule has 3 aromatic carbocycles. The number of aliphatic carboxylic acids is 1. The van der Waals surface area contributed by atoms with Crippen molar-refractivity contribution in [2.24, 2.45) is 5.92 Å². The predicted octanol–water partition coefficient (Wildman–Crippen LogP) is 3.46. The lowest BCUT2D eigenvalue weighted by molar-refractivity contribution is -0.427. The fourth-order valence-electron chi connectivity index (χ4n) is 5.69. The van der Waals surface area contributed by atoms with Gasteiger partial charge in [-0.1, -0.05) is 90.5 Å². The number of carbonyl (C=O) groups is 2. The third kappa shape index (κ3) is 8.97. The van der Waals surface area contributed by atoms with Gasteiger partial charge in [0, 0.05) is 26.1 Å². The SMILES string of the molecule is O=C(CCN1CCC(Cc2ccccc2)CC1)N1CCC([O-])c2ccc(CO)cc2C1.O=C(O)C(O)c1ccccc1. The van der Waals surface area contributed by atoms with Crippen LogP contribution in [0.4, 0.5) is 0 Å². The summed E-state index contributed by atoms with van der Waals surface area (Å²) in [6.45, 7) is 3.82. The monoisotopic (exact) mass is 573 g/mol. The molecule has 1 saturated heterocycles. The van der Waals surface area contributed by atoms with Crippen molar-refractivity contribution >= 4 is 11.9 Å². The molecule has 0 bridgehead atoms. The van der Waals surface area contributed by atoms with Crippen molar-refractivity contribution in [3.63, 3.8) is 0 Å². The molecule has 1 amide bonds. The van der Waals surface area contributed by atoms with Crippen LogP contribution in [0.2, 0.25) is 0 Å². The highest BCUT2D eigenvalue weighted by atomic mass is 16.4. The number of amides is 1. The quantitative estimate of drug-likeness (QED) is 0.377. The number of benzene rings is 3. The maximum absolute atomic E-state index is 12.9. The van der Waals surface area contributed by atoms with Crippen LogP contribution in [0.15, 0.2) is 78.9 Å². The van der Waals surface area contributed by atoms with E-state index in [1.54, 1.807) is 30.3 Å². The van der Waals surface area contributed by atoms with Crippen LogP contribution in [-0.2, 0) is 29.2 Å². The summed E-state index contributed by atoms with van der Waals surface area (Å²) in [4.78, 5) is 27.4. The zero-order valence-electron chi connectivity index (χ0n) is 24.0. The van der Waals surface area contributed by atoms with Gasteiger partial charge in [0.05, 0.1) is 6.61 Å². The van der Waals surface area contributed by atoms with Crippen LogP contribution in [0.1, 0.15) is 65.7 Å². The Morgan fingerprint density at radius 1 is 0.881 bits per heavy atom. The van der Waals surface area contributed by atoms with Crippen molar-refractivity contribution in [2.45, 2.75) is 57.5 Å². The van der Waals surface area contributed by atoms with Crippen LogP contribution < -0.4 is 5.11 Å². The molecule has 0 spiro atoms. The van der Waals surface area contributed by atoms with E-state index in [-0.39, 0.29) is 12.5 Å². The summed E-state index contributed by atoms with van der Waals surface area (Å²) in [6, 6.07) is 24.5. The van der Waals surface area contributed by atoms with Crippen molar-refractivity contribution in [2.75, 3.05) is 26.2 Å². The maximum Gasteiger partial charge on any atom is 0.337 e. The highest BCUT2D eigenvalue weighted by molar-refractivity contribution is 5.76. The van der Waals surface area contributed by atoms with Crippen molar-refractivity contribution in [1.29, 1.82) is 0 Å². The molecule has 2 atom stereocenters. The van der Waals surface area contributed by atoms with E-state index in [2.05, 4.69) is 35.2 Å². The number of carboxylic acid groups (broad SMARTS) is 1. The lowest BCUT2D eigenvalue weighted by atomic mass is 9.90. The van der Waals surface area contributed by atoms with Gasteiger partial charge in [-0.15, -0.1) is 0 Å². The van der Waals surface area contributed by atoms with Gasteiger partial charge in [-0.3, -0.25) is 4.79 Å². The number of hydrogen-bond acceptors (Lipinski definition) is 6. The normalized spacial score (nSPS) is 18.3. The van der Waals surface area contributed by atoms with Crippen molar-refractivity contribution in [3.05, 3.63) is 107 Å². The van der Waals surface area contributed by atoms with Gasteiger partial charge in [0.2, 0.25) is 5.91 Å². The summed E-state index contributed by atoms with van der Waals surface area (Å²) in [7, 11) is 0. The average Bonchev–Trinajstić information content (AvgIpc) is 3.19. The van der Waals surface area contributed by atoms with Crippen molar-refractivity contribution in [1.82, 2.24) is 9.80 Å². The molecule has 0 aromatic heterocycles. The van der Waals surface area contributed by atoms with Crippen LogP contribution in [-0.4, -0.2) is 63.2 Å². The minimum Gasteiger partial charge on any atom is -0.848 e. The highest BCUT2D eigenvalue weighted by Gasteiger charge is 2.23. The molecule has 3 aromatic rings. The molecule has 42 heavy (non-hydrogen) atoms. The zero-order chi connectivity index (χ0) is 29.9. The van der Waals surface area contributed by atoms with Crippen LogP contribution >= 0.6 is 0 Å². The van der Waals surface area contributed by atoms with E-state index in [1.807, 2.05) is 23.1 Å². The van der Waals surface area contributed by atoms with Gasteiger partial charge in [0.15, 0.2) is 6.10 Å². The van der Waals surface area contributed by atoms with Crippen LogP contribution in [0, 0.1) is 5.92 Å². The molecule has 8 heteroatoms. The van der Waals surface area contributed by atoms with E-state index in [4.69, 9.17) is 10.2 Å². The summed E-state index contributed by atoms with van der Waals surface area (Å²) < 4.78 is 0. The summed E-state index contributed by atoms with van der Waals surface area (Å²) in [5.41, 5.74) is 4.27. The van der Waals surface area contributed by atoms with E-state index >= 15 is 0 Å². The Labute approximate surface area is 247 Å². The lowest BCUT2D eigenvalue weighted by Gasteiger charge is -2.32. The standard InChI is InChI=1S/C26H33N2O3.C8H8O3/c29-19-22-6-7-24-23(17-22)18-28(15-10-25(24)30)26(31)11-14-27-12-8-21(9-13-27)16-20-4-2-1-3-5-20;9-7(8(10)11)6-4-2-1-3-5-6/h1-7,17,21,25,29H,8-16,18-19H2;1-5,7,9H,(H,10,11)/q-1;. The number of piperidine rings is 1. The Morgan fingerprint density at radius 2 is 1.55 bits per heavy atom. The first-order valence-electron chi connectivity index (χ1n) is 14.7. The first-order chi connectivity index (χ1) is 20.3. The average molecular weight is 574 g/mol. The summed E-state index contributed by atoms with van der Waals surface area (Å²) in [5, 5.41) is 39.3. The molecule has 2 heterocycles. The van der Waals surface area contributed by atoms with Gasteiger partial charge in [0.25, 0.3) is 0 Å². The maximum atomic E-state index is 12.9. The molecule has 8 nitrogen and oxygen atoms in total. The van der Waals surface area contributed by atoms with Gasteiger partial charge < -0.3 is 30.2 Å². The molecule has 5 rings (SSSR count). The molecule has 0 saturated carbocycles. The van der Waals surface area contributed by atoms with E-state index in [0.717, 1.165) is 48.7 Å². The number of aliphatic hydroxyl groups is 2. The third-order valence-corrected chi connectivity index (χ3v) is 8.18. The second-order valence-electron chi connectivity index (χ2n) is 11.2. The van der Waals surface area contributed by atoms with Gasteiger partial charge in [-0.2, -0.15) is 0 Å². The third-order valence-electron chi connectivity index (χ3n) is 8.18. The fraction of sp³-hybridized carbons (Fsp3) is 0.412. The molecule has 2 unspecified atom stereocenters. The van der Waals surface area contributed by atoms with Gasteiger partial charge in [-0.25, -0.2) is 4.79 Å². The second kappa shape index (κ2) is 15.6. The molecule has 0 radical (unpaired) electrons. The molecule has 2 aliphatic rings. The van der Waals surface area contributed by atoms with Gasteiger partial charge in [0.1, 0.15) is 0 Å².